The Balaban J connectivity index is 1.98. The van der Waals surface area contributed by atoms with Crippen molar-refractivity contribution in [3.63, 3.8) is 0 Å². The predicted molar refractivity (Wildman–Crippen MR) is 106 cm³/mol. The molecule has 0 radical (unpaired) electrons. The van der Waals surface area contributed by atoms with E-state index in [1.165, 1.54) is 16.9 Å². The molecule has 2 heterocycles. The van der Waals surface area contributed by atoms with Crippen LogP contribution in [0.5, 0.6) is 0 Å². The van der Waals surface area contributed by atoms with Gasteiger partial charge in [0, 0.05) is 23.4 Å². The van der Waals surface area contributed by atoms with Gasteiger partial charge < -0.3 is 0 Å². The molecule has 1 aliphatic carbocycles. The molecule has 4 nitrogen and oxygen atoms in total. The Hall–Kier alpha value is -2.27. The maximum Gasteiger partial charge on any atom is 0.262 e. The van der Waals surface area contributed by atoms with Gasteiger partial charge in [0.1, 0.15) is 16.4 Å². The number of hydrogen-bond acceptors (Lipinski definition) is 4. The number of ketones is 1. The molecule has 0 N–H and O–H groups in total. The molecule has 4 rings (SSSR count). The van der Waals surface area contributed by atoms with Crippen LogP contribution in [-0.4, -0.2) is 15.3 Å². The summed E-state index contributed by atoms with van der Waals surface area (Å²) in [6.45, 7) is 3.98. The van der Waals surface area contributed by atoms with E-state index in [1.54, 1.807) is 22.8 Å². The van der Waals surface area contributed by atoms with Gasteiger partial charge in [-0.2, -0.15) is 0 Å². The largest absolute Gasteiger partial charge is 0.300 e. The van der Waals surface area contributed by atoms with Crippen LogP contribution in [0.15, 0.2) is 29.1 Å². The molecule has 2 aromatic heterocycles. The van der Waals surface area contributed by atoms with Crippen molar-refractivity contribution in [2.45, 2.75) is 52.5 Å². The number of aromatic nitrogens is 2. The van der Waals surface area contributed by atoms with E-state index >= 15 is 0 Å². The molecule has 0 spiro atoms. The van der Waals surface area contributed by atoms with E-state index in [0.29, 0.717) is 18.8 Å². The number of thiophene rings is 1. The van der Waals surface area contributed by atoms with Crippen LogP contribution in [0.3, 0.4) is 0 Å². The summed E-state index contributed by atoms with van der Waals surface area (Å²) in [6.07, 6.45) is 4.67. The average Bonchev–Trinajstić information content (AvgIpc) is 2.99. The van der Waals surface area contributed by atoms with E-state index in [9.17, 15) is 9.59 Å². The molecule has 134 valence electrons. The number of fused-ring (bicyclic) bond motifs is 3. The Morgan fingerprint density at radius 1 is 1.27 bits per heavy atom. The Bertz CT molecular complexity index is 1060. The fourth-order valence-corrected chi connectivity index (χ4v) is 4.97. The number of Topliss-reactive ketones (excluding diaryl/α,β-unsaturated/α-hetero) is 1. The third-order valence-electron chi connectivity index (χ3n) is 5.04. The first-order valence-corrected chi connectivity index (χ1v) is 9.98. The average molecular weight is 366 g/mol. The van der Waals surface area contributed by atoms with Gasteiger partial charge in [-0.15, -0.1) is 11.3 Å². The van der Waals surface area contributed by atoms with E-state index in [0.717, 1.165) is 40.6 Å². The van der Waals surface area contributed by atoms with Gasteiger partial charge in [-0.05, 0) is 51.2 Å². The van der Waals surface area contributed by atoms with Crippen LogP contribution in [0.4, 0.5) is 0 Å². The van der Waals surface area contributed by atoms with Crippen LogP contribution in [0, 0.1) is 6.92 Å². The lowest BCUT2D eigenvalue weighted by Gasteiger charge is -2.14. The first-order chi connectivity index (χ1) is 12.5. The minimum absolute atomic E-state index is 0.00663. The van der Waals surface area contributed by atoms with Crippen LogP contribution >= 0.6 is 11.3 Å². The number of benzene rings is 1. The third-order valence-corrected chi connectivity index (χ3v) is 6.22. The zero-order valence-corrected chi connectivity index (χ0v) is 16.0. The fourth-order valence-electron chi connectivity index (χ4n) is 3.72. The summed E-state index contributed by atoms with van der Waals surface area (Å²) in [5.74, 6) is 0.755. The van der Waals surface area contributed by atoms with Gasteiger partial charge in [-0.3, -0.25) is 14.2 Å². The van der Waals surface area contributed by atoms with Crippen molar-refractivity contribution in [3.8, 4) is 11.4 Å². The lowest BCUT2D eigenvalue weighted by atomic mass is 9.97. The van der Waals surface area contributed by atoms with Gasteiger partial charge in [0.25, 0.3) is 5.56 Å². The van der Waals surface area contributed by atoms with Crippen LogP contribution < -0.4 is 5.56 Å². The second kappa shape index (κ2) is 6.80. The number of aryl methyl sites for hydroxylation is 3. The second-order valence-electron chi connectivity index (χ2n) is 7.10. The quantitative estimate of drug-likeness (QED) is 0.692. The van der Waals surface area contributed by atoms with Crippen LogP contribution in [0.2, 0.25) is 0 Å². The molecule has 1 aromatic carbocycles. The molecule has 0 bridgehead atoms. The first-order valence-electron chi connectivity index (χ1n) is 9.16. The summed E-state index contributed by atoms with van der Waals surface area (Å²) in [5.41, 5.74) is 3.26. The van der Waals surface area contributed by atoms with E-state index in [1.807, 2.05) is 31.2 Å². The molecule has 0 amide bonds. The Morgan fingerprint density at radius 2 is 2.08 bits per heavy atom. The molecule has 0 aliphatic heterocycles. The van der Waals surface area contributed by atoms with Crippen molar-refractivity contribution >= 4 is 27.3 Å². The van der Waals surface area contributed by atoms with Gasteiger partial charge in [-0.25, -0.2) is 4.98 Å². The molecule has 1 aliphatic rings. The van der Waals surface area contributed by atoms with Crippen molar-refractivity contribution in [1.29, 1.82) is 0 Å². The van der Waals surface area contributed by atoms with Crippen LogP contribution in [0.1, 0.15) is 42.2 Å². The lowest BCUT2D eigenvalue weighted by molar-refractivity contribution is -0.117. The minimum atomic E-state index is 0.00663. The fraction of sp³-hybridized carbons (Fsp3) is 0.381. The highest BCUT2D eigenvalue weighted by Gasteiger charge is 2.22. The van der Waals surface area contributed by atoms with E-state index in [2.05, 4.69) is 0 Å². The smallest absolute Gasteiger partial charge is 0.262 e. The number of hydrogen-bond donors (Lipinski definition) is 0. The number of rotatable bonds is 4. The monoisotopic (exact) mass is 366 g/mol. The molecule has 0 atom stereocenters. The maximum atomic E-state index is 13.4. The molecule has 0 unspecified atom stereocenters. The summed E-state index contributed by atoms with van der Waals surface area (Å²) in [5, 5.41) is 0.782. The molecule has 0 fully saturated rings. The Kier molecular flexibility index (Phi) is 4.49. The zero-order valence-electron chi connectivity index (χ0n) is 15.2. The molecule has 5 heteroatoms. The second-order valence-corrected chi connectivity index (χ2v) is 8.19. The Morgan fingerprint density at radius 3 is 2.85 bits per heavy atom. The molecular formula is C21H22N2O2S. The molecular weight excluding hydrogens is 344 g/mol. The first kappa shape index (κ1) is 17.2. The third kappa shape index (κ3) is 3.01. The van der Waals surface area contributed by atoms with Crippen LogP contribution in [0.25, 0.3) is 21.6 Å². The topological polar surface area (TPSA) is 52.0 Å². The van der Waals surface area contributed by atoms with Crippen molar-refractivity contribution in [3.05, 3.63) is 50.6 Å². The van der Waals surface area contributed by atoms with E-state index < -0.39 is 0 Å². The number of nitrogens with zero attached hydrogens (tertiary/aromatic N) is 2. The summed E-state index contributed by atoms with van der Waals surface area (Å²) in [7, 11) is 0. The van der Waals surface area contributed by atoms with Gasteiger partial charge >= 0.3 is 0 Å². The predicted octanol–water partition coefficient (Wildman–Crippen LogP) is 4.29. The summed E-state index contributed by atoms with van der Waals surface area (Å²) in [6, 6.07) is 8.05. The lowest BCUT2D eigenvalue weighted by Crippen LogP contribution is -2.25. The molecule has 3 aromatic rings. The summed E-state index contributed by atoms with van der Waals surface area (Å²) in [4.78, 5) is 32.0. The van der Waals surface area contributed by atoms with Gasteiger partial charge in [0.2, 0.25) is 0 Å². The highest BCUT2D eigenvalue weighted by molar-refractivity contribution is 7.18. The highest BCUT2D eigenvalue weighted by atomic mass is 32.1. The van der Waals surface area contributed by atoms with Crippen molar-refractivity contribution in [2.24, 2.45) is 0 Å². The zero-order chi connectivity index (χ0) is 18.3. The highest BCUT2D eigenvalue weighted by Crippen LogP contribution is 2.34. The SMILES string of the molecule is CC(=O)CCn1c(-c2cccc(C)c2)nc2sc3c(c2c1=O)CCCC3. The Labute approximate surface area is 156 Å². The van der Waals surface area contributed by atoms with Crippen LogP contribution in [-0.2, 0) is 24.2 Å². The van der Waals surface area contributed by atoms with Gasteiger partial charge in [0.15, 0.2) is 0 Å². The standard InChI is InChI=1S/C21H22N2O2S/c1-13-6-5-7-15(12-13)19-22-20-18(16-8-3-4-9-17(16)26-20)21(25)23(19)11-10-14(2)24/h5-7,12H,3-4,8-11H2,1-2H3. The van der Waals surface area contributed by atoms with Gasteiger partial charge in [0.05, 0.1) is 5.39 Å². The summed E-state index contributed by atoms with van der Waals surface area (Å²) >= 11 is 1.67. The molecule has 0 saturated carbocycles. The normalized spacial score (nSPS) is 13.8. The van der Waals surface area contributed by atoms with Crippen molar-refractivity contribution < 1.29 is 4.79 Å². The van der Waals surface area contributed by atoms with Gasteiger partial charge in [-0.1, -0.05) is 23.8 Å². The van der Waals surface area contributed by atoms with E-state index in [4.69, 9.17) is 4.98 Å². The molecule has 26 heavy (non-hydrogen) atoms. The summed E-state index contributed by atoms with van der Waals surface area (Å²) < 4.78 is 1.71. The van der Waals surface area contributed by atoms with Crippen molar-refractivity contribution in [1.82, 2.24) is 9.55 Å². The maximum absolute atomic E-state index is 13.4. The van der Waals surface area contributed by atoms with E-state index in [-0.39, 0.29) is 11.3 Å². The molecule has 0 saturated heterocycles. The number of carbonyl (C=O) groups excluding carboxylic acids is 1. The minimum Gasteiger partial charge on any atom is -0.300 e. The number of carbonyl (C=O) groups is 1. The van der Waals surface area contributed by atoms with Crippen molar-refractivity contribution in [2.75, 3.05) is 0 Å².